The van der Waals surface area contributed by atoms with Crippen molar-refractivity contribution >= 4 is 21.8 Å². The van der Waals surface area contributed by atoms with E-state index < -0.39 is 23.5 Å². The van der Waals surface area contributed by atoms with Crippen LogP contribution in [0.15, 0.2) is 18.2 Å². The summed E-state index contributed by atoms with van der Waals surface area (Å²) < 4.78 is 51.4. The monoisotopic (exact) mass is 367 g/mol. The number of hydrogen-bond acceptors (Lipinski definition) is 1. The third kappa shape index (κ3) is 3.22. The standard InChI is InChI=1S/C14H14BrF4NO/c1-8-4-5-20(12(8)7-15)13(21)9-2-3-11(16)10(6-9)14(17,18)19/h2-3,6,8,12H,4-5,7H2,1H3. The Morgan fingerprint density at radius 3 is 2.67 bits per heavy atom. The normalized spacial score (nSPS) is 22.7. The van der Waals surface area contributed by atoms with E-state index in [1.807, 2.05) is 6.92 Å². The molecule has 21 heavy (non-hydrogen) atoms. The highest BCUT2D eigenvalue weighted by atomic mass is 79.9. The summed E-state index contributed by atoms with van der Waals surface area (Å²) in [5.74, 6) is -1.59. The lowest BCUT2D eigenvalue weighted by Gasteiger charge is -2.25. The highest BCUT2D eigenvalue weighted by Gasteiger charge is 2.37. The van der Waals surface area contributed by atoms with Crippen LogP contribution in [0.25, 0.3) is 0 Å². The van der Waals surface area contributed by atoms with Crippen molar-refractivity contribution in [3.63, 3.8) is 0 Å². The predicted octanol–water partition coefficient (Wildman–Crippen LogP) is 4.09. The van der Waals surface area contributed by atoms with Crippen LogP contribution >= 0.6 is 15.9 Å². The lowest BCUT2D eigenvalue weighted by molar-refractivity contribution is -0.140. The summed E-state index contributed by atoms with van der Waals surface area (Å²) in [6.45, 7) is 2.49. The van der Waals surface area contributed by atoms with E-state index >= 15 is 0 Å². The van der Waals surface area contributed by atoms with E-state index in [0.717, 1.165) is 12.5 Å². The number of amides is 1. The summed E-state index contributed by atoms with van der Waals surface area (Å²) in [6, 6.07) is 2.32. The van der Waals surface area contributed by atoms with Crippen LogP contribution in [0.2, 0.25) is 0 Å². The van der Waals surface area contributed by atoms with Gasteiger partial charge in [-0.2, -0.15) is 13.2 Å². The van der Waals surface area contributed by atoms with Gasteiger partial charge >= 0.3 is 6.18 Å². The minimum absolute atomic E-state index is 0.0584. The molecule has 0 N–H and O–H groups in total. The topological polar surface area (TPSA) is 20.3 Å². The van der Waals surface area contributed by atoms with Gasteiger partial charge in [0.2, 0.25) is 0 Å². The van der Waals surface area contributed by atoms with Crippen molar-refractivity contribution in [3.8, 4) is 0 Å². The van der Waals surface area contributed by atoms with Gasteiger partial charge < -0.3 is 4.90 Å². The molecule has 1 aliphatic rings. The predicted molar refractivity (Wildman–Crippen MR) is 73.8 cm³/mol. The molecule has 1 saturated heterocycles. The Balaban J connectivity index is 2.32. The largest absolute Gasteiger partial charge is 0.419 e. The zero-order valence-corrected chi connectivity index (χ0v) is 12.8. The second-order valence-electron chi connectivity index (χ2n) is 5.18. The van der Waals surface area contributed by atoms with Gasteiger partial charge in [0, 0.05) is 23.5 Å². The third-order valence-corrected chi connectivity index (χ3v) is 4.48. The lowest BCUT2D eigenvalue weighted by Crippen LogP contribution is -2.38. The van der Waals surface area contributed by atoms with Crippen molar-refractivity contribution in [2.75, 3.05) is 11.9 Å². The smallest absolute Gasteiger partial charge is 0.335 e. The second kappa shape index (κ2) is 5.94. The fourth-order valence-electron chi connectivity index (χ4n) is 2.54. The first kappa shape index (κ1) is 16.3. The van der Waals surface area contributed by atoms with Gasteiger partial charge in [-0.05, 0) is 30.5 Å². The molecule has 7 heteroatoms. The minimum atomic E-state index is -4.81. The van der Waals surface area contributed by atoms with Crippen LogP contribution in [0.5, 0.6) is 0 Å². The number of halogens is 5. The van der Waals surface area contributed by atoms with Crippen molar-refractivity contribution in [1.82, 2.24) is 4.90 Å². The Bertz CT molecular complexity index is 546. The highest BCUT2D eigenvalue weighted by molar-refractivity contribution is 9.09. The first-order valence-corrected chi connectivity index (χ1v) is 7.61. The zero-order valence-electron chi connectivity index (χ0n) is 11.3. The quantitative estimate of drug-likeness (QED) is 0.569. The van der Waals surface area contributed by atoms with Crippen LogP contribution in [0.3, 0.4) is 0 Å². The van der Waals surface area contributed by atoms with Crippen molar-refractivity contribution in [3.05, 3.63) is 35.1 Å². The zero-order chi connectivity index (χ0) is 15.8. The van der Waals surface area contributed by atoms with Crippen molar-refractivity contribution in [2.24, 2.45) is 5.92 Å². The number of alkyl halides is 4. The van der Waals surface area contributed by atoms with Gasteiger partial charge in [0.25, 0.3) is 5.91 Å². The molecule has 1 aromatic rings. The molecule has 1 fully saturated rings. The molecule has 1 aromatic carbocycles. The molecule has 2 rings (SSSR count). The van der Waals surface area contributed by atoms with Crippen LogP contribution in [0, 0.1) is 11.7 Å². The van der Waals surface area contributed by atoms with Gasteiger partial charge in [-0.1, -0.05) is 22.9 Å². The molecular formula is C14H14BrF4NO. The molecule has 1 heterocycles. The van der Waals surface area contributed by atoms with Gasteiger partial charge in [-0.3, -0.25) is 4.79 Å². The molecule has 1 amide bonds. The molecule has 0 radical (unpaired) electrons. The van der Waals surface area contributed by atoms with Gasteiger partial charge in [-0.15, -0.1) is 0 Å². The summed E-state index contributed by atoms with van der Waals surface area (Å²) >= 11 is 3.32. The highest BCUT2D eigenvalue weighted by Crippen LogP contribution is 2.33. The van der Waals surface area contributed by atoms with E-state index in [-0.39, 0.29) is 17.5 Å². The maximum absolute atomic E-state index is 13.3. The van der Waals surface area contributed by atoms with E-state index in [2.05, 4.69) is 15.9 Å². The molecule has 1 aliphatic heterocycles. The van der Waals surface area contributed by atoms with Gasteiger partial charge in [0.1, 0.15) is 5.82 Å². The van der Waals surface area contributed by atoms with Gasteiger partial charge in [-0.25, -0.2) is 4.39 Å². The van der Waals surface area contributed by atoms with E-state index in [4.69, 9.17) is 0 Å². The van der Waals surface area contributed by atoms with Gasteiger partial charge in [0.05, 0.1) is 5.56 Å². The van der Waals surface area contributed by atoms with Crippen LogP contribution in [-0.2, 0) is 6.18 Å². The molecular weight excluding hydrogens is 354 g/mol. The van der Waals surface area contributed by atoms with E-state index in [1.165, 1.54) is 0 Å². The average molecular weight is 368 g/mol. The number of rotatable bonds is 2. The van der Waals surface area contributed by atoms with Crippen molar-refractivity contribution in [2.45, 2.75) is 25.6 Å². The van der Waals surface area contributed by atoms with Crippen molar-refractivity contribution in [1.29, 1.82) is 0 Å². The molecule has 0 bridgehead atoms. The number of benzene rings is 1. The molecule has 2 nitrogen and oxygen atoms in total. The van der Waals surface area contributed by atoms with Crippen LogP contribution in [0.4, 0.5) is 17.6 Å². The minimum Gasteiger partial charge on any atom is -0.335 e. The van der Waals surface area contributed by atoms with Gasteiger partial charge in [0.15, 0.2) is 0 Å². The van der Waals surface area contributed by atoms with Crippen LogP contribution in [0.1, 0.15) is 29.3 Å². The Hall–Kier alpha value is -1.11. The molecule has 116 valence electrons. The number of hydrogen-bond donors (Lipinski definition) is 0. The van der Waals surface area contributed by atoms with E-state index in [1.54, 1.807) is 4.90 Å². The van der Waals surface area contributed by atoms with Crippen LogP contribution < -0.4 is 0 Å². The fourth-order valence-corrected chi connectivity index (χ4v) is 3.52. The Labute approximate surface area is 128 Å². The van der Waals surface area contributed by atoms with Crippen LogP contribution in [-0.4, -0.2) is 28.7 Å². The summed E-state index contributed by atoms with van der Waals surface area (Å²) in [6.07, 6.45) is -4.01. The summed E-state index contributed by atoms with van der Waals surface area (Å²) in [5, 5.41) is 0.563. The third-order valence-electron chi connectivity index (χ3n) is 3.82. The molecule has 0 aliphatic carbocycles. The number of carbonyl (C=O) groups excluding carboxylic acids is 1. The van der Waals surface area contributed by atoms with E-state index in [9.17, 15) is 22.4 Å². The number of likely N-dealkylation sites (tertiary alicyclic amines) is 1. The molecule has 2 unspecified atom stereocenters. The maximum atomic E-state index is 13.3. The first-order chi connectivity index (χ1) is 9.75. The summed E-state index contributed by atoms with van der Waals surface area (Å²) in [4.78, 5) is 13.9. The molecule has 0 spiro atoms. The Morgan fingerprint density at radius 1 is 1.43 bits per heavy atom. The van der Waals surface area contributed by atoms with E-state index in [0.29, 0.717) is 24.0 Å². The number of nitrogens with zero attached hydrogens (tertiary/aromatic N) is 1. The molecule has 0 aromatic heterocycles. The second-order valence-corrected chi connectivity index (χ2v) is 5.83. The number of carbonyl (C=O) groups is 1. The Morgan fingerprint density at radius 2 is 2.10 bits per heavy atom. The Kier molecular flexibility index (Phi) is 4.60. The maximum Gasteiger partial charge on any atom is 0.419 e. The summed E-state index contributed by atoms with van der Waals surface area (Å²) in [5.41, 5.74) is -1.54. The molecule has 0 saturated carbocycles. The fraction of sp³-hybridized carbons (Fsp3) is 0.500. The SMILES string of the molecule is CC1CCN(C(=O)c2ccc(F)c(C(F)(F)F)c2)C1CBr. The van der Waals surface area contributed by atoms with Crippen molar-refractivity contribution < 1.29 is 22.4 Å². The first-order valence-electron chi connectivity index (χ1n) is 6.49. The lowest BCUT2D eigenvalue weighted by atomic mass is 10.0. The summed E-state index contributed by atoms with van der Waals surface area (Å²) in [7, 11) is 0. The molecule has 2 atom stereocenters. The average Bonchev–Trinajstić information content (AvgIpc) is 2.78.